The largest absolute Gasteiger partial charge is 0.367 e. The van der Waals surface area contributed by atoms with Gasteiger partial charge in [-0.1, -0.05) is 0 Å². The first-order valence-corrected chi connectivity index (χ1v) is 9.39. The fourth-order valence-corrected chi connectivity index (χ4v) is 2.20. The van der Waals surface area contributed by atoms with Crippen LogP contribution in [0.2, 0.25) is 0 Å². The minimum atomic E-state index is -3.37. The Hall–Kier alpha value is -2.53. The molecule has 2 rings (SSSR count). The fourth-order valence-electron chi connectivity index (χ4n) is 1.85. The van der Waals surface area contributed by atoms with E-state index in [2.05, 4.69) is 25.9 Å². The topological polar surface area (TPSA) is 122 Å². The quantitative estimate of drug-likeness (QED) is 0.597. The van der Waals surface area contributed by atoms with E-state index in [1.807, 2.05) is 13.0 Å². The smallest absolute Gasteiger partial charge is 0.235 e. The molecule has 0 radical (unpaired) electrons. The van der Waals surface area contributed by atoms with Crippen molar-refractivity contribution < 1.29 is 13.2 Å². The number of hydrogen-bond acceptors (Lipinski definition) is 7. The first-order chi connectivity index (χ1) is 11.8. The van der Waals surface area contributed by atoms with Gasteiger partial charge in [0.15, 0.2) is 5.82 Å². The highest BCUT2D eigenvalue weighted by Gasteiger charge is 2.14. The molecule has 0 fully saturated rings. The SMILES string of the molecule is Cc1ccn(-c2ccc(NCCNC(=O)CN(C)S(C)(=O)=O)nn2)n1. The van der Waals surface area contributed by atoms with E-state index in [4.69, 9.17) is 0 Å². The molecule has 0 unspecified atom stereocenters. The Morgan fingerprint density at radius 2 is 2.00 bits per heavy atom. The summed E-state index contributed by atoms with van der Waals surface area (Å²) in [7, 11) is -2.01. The molecule has 2 aromatic rings. The number of rotatable bonds is 8. The summed E-state index contributed by atoms with van der Waals surface area (Å²) in [4.78, 5) is 11.6. The van der Waals surface area contributed by atoms with Gasteiger partial charge < -0.3 is 10.6 Å². The minimum absolute atomic E-state index is 0.212. The maximum Gasteiger partial charge on any atom is 0.235 e. The van der Waals surface area contributed by atoms with Gasteiger partial charge in [-0.2, -0.15) is 9.40 Å². The van der Waals surface area contributed by atoms with Crippen molar-refractivity contribution >= 4 is 21.7 Å². The molecule has 11 heteroatoms. The van der Waals surface area contributed by atoms with Gasteiger partial charge in [0.25, 0.3) is 0 Å². The molecule has 2 N–H and O–H groups in total. The molecule has 2 aromatic heterocycles. The first-order valence-electron chi connectivity index (χ1n) is 7.54. The number of carbonyl (C=O) groups is 1. The van der Waals surface area contributed by atoms with Crippen LogP contribution in [0.3, 0.4) is 0 Å². The molecule has 0 bridgehead atoms. The van der Waals surface area contributed by atoms with Crippen LogP contribution in [0.25, 0.3) is 5.82 Å². The monoisotopic (exact) mass is 367 g/mol. The number of nitrogens with one attached hydrogen (secondary N) is 2. The molecule has 136 valence electrons. The van der Waals surface area contributed by atoms with E-state index in [0.29, 0.717) is 24.7 Å². The van der Waals surface area contributed by atoms with Gasteiger partial charge in [-0.25, -0.2) is 13.1 Å². The predicted octanol–water partition coefficient (Wildman–Crippen LogP) is -0.610. The normalized spacial score (nSPS) is 11.5. The van der Waals surface area contributed by atoms with Crippen LogP contribution in [-0.2, 0) is 14.8 Å². The zero-order chi connectivity index (χ0) is 18.4. The van der Waals surface area contributed by atoms with E-state index in [1.54, 1.807) is 23.0 Å². The maximum atomic E-state index is 11.6. The summed E-state index contributed by atoms with van der Waals surface area (Å²) in [6.45, 7) is 2.44. The van der Waals surface area contributed by atoms with Gasteiger partial charge in [-0.05, 0) is 25.1 Å². The zero-order valence-electron chi connectivity index (χ0n) is 14.3. The van der Waals surface area contributed by atoms with Crippen LogP contribution in [0, 0.1) is 6.92 Å². The molecular weight excluding hydrogens is 346 g/mol. The van der Waals surface area contributed by atoms with Crippen molar-refractivity contribution in [1.82, 2.24) is 29.6 Å². The van der Waals surface area contributed by atoms with Gasteiger partial charge in [-0.3, -0.25) is 4.79 Å². The van der Waals surface area contributed by atoms with Gasteiger partial charge in [-0.15, -0.1) is 10.2 Å². The molecule has 10 nitrogen and oxygen atoms in total. The van der Waals surface area contributed by atoms with Crippen LogP contribution < -0.4 is 10.6 Å². The maximum absolute atomic E-state index is 11.6. The summed E-state index contributed by atoms with van der Waals surface area (Å²) in [6.07, 6.45) is 2.85. The lowest BCUT2D eigenvalue weighted by molar-refractivity contribution is -0.121. The Kier molecular flexibility index (Phi) is 6.04. The molecule has 0 aliphatic rings. The molecule has 0 aliphatic heterocycles. The van der Waals surface area contributed by atoms with Crippen molar-refractivity contribution in [2.45, 2.75) is 6.92 Å². The number of amides is 1. The number of aromatic nitrogens is 4. The summed E-state index contributed by atoms with van der Waals surface area (Å²) in [6, 6.07) is 5.41. The van der Waals surface area contributed by atoms with Gasteiger partial charge in [0.05, 0.1) is 18.5 Å². The van der Waals surface area contributed by atoms with Crippen molar-refractivity contribution in [3.05, 3.63) is 30.1 Å². The van der Waals surface area contributed by atoms with E-state index in [0.717, 1.165) is 16.3 Å². The standard InChI is InChI=1S/C14H21N7O3S/c1-11-6-9-21(19-11)13-5-4-12(17-18-13)15-7-8-16-14(22)10-20(2)25(3,23)24/h4-6,9H,7-8,10H2,1-3H3,(H,15,17)(H,16,22). The number of likely N-dealkylation sites (N-methyl/N-ethyl adjacent to an activating group) is 1. The molecule has 0 atom stereocenters. The summed E-state index contributed by atoms with van der Waals surface area (Å²) in [5, 5.41) is 18.0. The minimum Gasteiger partial charge on any atom is -0.367 e. The van der Waals surface area contributed by atoms with Crippen LogP contribution in [0.1, 0.15) is 5.69 Å². The summed E-state index contributed by atoms with van der Waals surface area (Å²) in [5.41, 5.74) is 0.890. The highest BCUT2D eigenvalue weighted by atomic mass is 32.2. The van der Waals surface area contributed by atoms with Crippen molar-refractivity contribution in [3.8, 4) is 5.82 Å². The van der Waals surface area contributed by atoms with Crippen LogP contribution in [0.5, 0.6) is 0 Å². The van der Waals surface area contributed by atoms with Crippen LogP contribution in [0.4, 0.5) is 5.82 Å². The van der Waals surface area contributed by atoms with Crippen molar-refractivity contribution in [3.63, 3.8) is 0 Å². The Labute approximate surface area is 146 Å². The van der Waals surface area contributed by atoms with Gasteiger partial charge in [0, 0.05) is 26.3 Å². The van der Waals surface area contributed by atoms with Crippen LogP contribution in [0.15, 0.2) is 24.4 Å². The van der Waals surface area contributed by atoms with E-state index >= 15 is 0 Å². The van der Waals surface area contributed by atoms with E-state index in [1.165, 1.54) is 7.05 Å². The summed E-state index contributed by atoms with van der Waals surface area (Å²) in [5.74, 6) is 0.802. The van der Waals surface area contributed by atoms with E-state index in [9.17, 15) is 13.2 Å². The van der Waals surface area contributed by atoms with Crippen LogP contribution in [-0.4, -0.2) is 71.5 Å². The molecule has 0 saturated carbocycles. The van der Waals surface area contributed by atoms with Crippen molar-refractivity contribution in [2.24, 2.45) is 0 Å². The first kappa shape index (κ1) is 18.8. The number of sulfonamides is 1. The Balaban J connectivity index is 1.74. The predicted molar refractivity (Wildman–Crippen MR) is 92.9 cm³/mol. The van der Waals surface area contributed by atoms with Crippen molar-refractivity contribution in [2.75, 3.05) is 38.3 Å². The second-order valence-electron chi connectivity index (χ2n) is 5.47. The third-order valence-corrected chi connectivity index (χ3v) is 4.55. The summed E-state index contributed by atoms with van der Waals surface area (Å²) < 4.78 is 25.1. The lowest BCUT2D eigenvalue weighted by Gasteiger charge is -2.13. The second kappa shape index (κ2) is 8.03. The molecular formula is C14H21N7O3S. The van der Waals surface area contributed by atoms with Gasteiger partial charge >= 0.3 is 0 Å². The Morgan fingerprint density at radius 3 is 2.56 bits per heavy atom. The van der Waals surface area contributed by atoms with E-state index < -0.39 is 10.0 Å². The highest BCUT2D eigenvalue weighted by molar-refractivity contribution is 7.88. The molecule has 0 aromatic carbocycles. The molecule has 25 heavy (non-hydrogen) atoms. The second-order valence-corrected chi connectivity index (χ2v) is 7.56. The molecule has 1 amide bonds. The van der Waals surface area contributed by atoms with Crippen molar-refractivity contribution in [1.29, 1.82) is 0 Å². The third-order valence-electron chi connectivity index (χ3n) is 3.29. The Bertz CT molecular complexity index is 817. The lowest BCUT2D eigenvalue weighted by atomic mass is 10.4. The molecule has 0 spiro atoms. The average molecular weight is 367 g/mol. The number of anilines is 1. The fraction of sp³-hybridized carbons (Fsp3) is 0.429. The lowest BCUT2D eigenvalue weighted by Crippen LogP contribution is -2.39. The number of carbonyl (C=O) groups excluding carboxylic acids is 1. The number of hydrogen-bond donors (Lipinski definition) is 2. The number of aryl methyl sites for hydroxylation is 1. The van der Waals surface area contributed by atoms with Gasteiger partial charge in [0.2, 0.25) is 15.9 Å². The molecule has 2 heterocycles. The van der Waals surface area contributed by atoms with Gasteiger partial charge in [0.1, 0.15) is 5.82 Å². The summed E-state index contributed by atoms with van der Waals surface area (Å²) >= 11 is 0. The average Bonchev–Trinajstić information content (AvgIpc) is 2.98. The molecule has 0 aliphatic carbocycles. The number of nitrogens with zero attached hydrogens (tertiary/aromatic N) is 5. The third kappa shape index (κ3) is 5.80. The molecule has 0 saturated heterocycles. The Morgan fingerprint density at radius 1 is 1.24 bits per heavy atom. The van der Waals surface area contributed by atoms with E-state index in [-0.39, 0.29) is 12.5 Å². The highest BCUT2D eigenvalue weighted by Crippen LogP contribution is 2.06. The zero-order valence-corrected chi connectivity index (χ0v) is 15.1. The van der Waals surface area contributed by atoms with Crippen LogP contribution >= 0.6 is 0 Å².